The van der Waals surface area contributed by atoms with E-state index < -0.39 is 0 Å². The van der Waals surface area contributed by atoms with E-state index in [1.54, 1.807) is 12.1 Å². The van der Waals surface area contributed by atoms with E-state index in [0.717, 1.165) is 48.1 Å². The van der Waals surface area contributed by atoms with Crippen molar-refractivity contribution in [1.82, 2.24) is 15.3 Å². The van der Waals surface area contributed by atoms with E-state index in [4.69, 9.17) is 0 Å². The van der Waals surface area contributed by atoms with Gasteiger partial charge in [-0.05, 0) is 61.7 Å². The van der Waals surface area contributed by atoms with Gasteiger partial charge in [-0.1, -0.05) is 24.3 Å². The molecule has 1 aromatic heterocycles. The lowest BCUT2D eigenvalue weighted by Crippen LogP contribution is -2.32. The largest absolute Gasteiger partial charge is 0.335 e. The van der Waals surface area contributed by atoms with Gasteiger partial charge in [0.2, 0.25) is 5.78 Å². The molecule has 1 aliphatic rings. The first-order valence-corrected chi connectivity index (χ1v) is 8.68. The Labute approximate surface area is 145 Å². The van der Waals surface area contributed by atoms with Crippen LogP contribution in [0.4, 0.5) is 4.39 Å². The van der Waals surface area contributed by atoms with Crippen molar-refractivity contribution in [2.24, 2.45) is 5.92 Å². The number of rotatable bonds is 4. The summed E-state index contributed by atoms with van der Waals surface area (Å²) in [6, 6.07) is 12.4. The molecule has 0 saturated carbocycles. The summed E-state index contributed by atoms with van der Waals surface area (Å²) in [5.41, 5.74) is 3.74. The zero-order chi connectivity index (χ0) is 17.2. The normalized spacial score (nSPS) is 15.6. The Balaban J connectivity index is 1.64. The van der Waals surface area contributed by atoms with Crippen molar-refractivity contribution in [2.75, 3.05) is 13.1 Å². The predicted octanol–water partition coefficient (Wildman–Crippen LogP) is 3.48. The highest BCUT2D eigenvalue weighted by Crippen LogP contribution is 2.23. The summed E-state index contributed by atoms with van der Waals surface area (Å²) in [5.74, 6) is 0.359. The SMILES string of the molecule is O=C(c1nc2c(Cc3ccc(F)cc3)cccc2[nH]1)C1CCNCC1. The van der Waals surface area contributed by atoms with Gasteiger partial charge in [0.15, 0.2) is 5.82 Å². The van der Waals surface area contributed by atoms with Crippen molar-refractivity contribution >= 4 is 16.8 Å². The highest BCUT2D eigenvalue weighted by atomic mass is 19.1. The molecule has 0 unspecified atom stereocenters. The van der Waals surface area contributed by atoms with Crippen LogP contribution >= 0.6 is 0 Å². The maximum atomic E-state index is 13.1. The van der Waals surface area contributed by atoms with Crippen molar-refractivity contribution in [1.29, 1.82) is 0 Å². The molecule has 4 nitrogen and oxygen atoms in total. The van der Waals surface area contributed by atoms with Gasteiger partial charge in [0.05, 0.1) is 11.0 Å². The standard InChI is InChI=1S/C20H20FN3O/c21-16-6-4-13(5-7-16)12-15-2-1-3-17-18(15)24-20(23-17)19(25)14-8-10-22-11-9-14/h1-7,14,22H,8-12H2,(H,23,24). The van der Waals surface area contributed by atoms with E-state index in [1.165, 1.54) is 12.1 Å². The first kappa shape index (κ1) is 16.0. The molecule has 0 bridgehead atoms. The third-order valence-corrected chi connectivity index (χ3v) is 4.85. The number of carbonyl (C=O) groups excluding carboxylic acids is 1. The molecule has 1 aliphatic heterocycles. The van der Waals surface area contributed by atoms with Gasteiger partial charge >= 0.3 is 0 Å². The minimum Gasteiger partial charge on any atom is -0.335 e. The fraction of sp³-hybridized carbons (Fsp3) is 0.300. The lowest BCUT2D eigenvalue weighted by molar-refractivity contribution is 0.0885. The molecule has 25 heavy (non-hydrogen) atoms. The molecule has 0 amide bonds. The Bertz CT molecular complexity index is 895. The van der Waals surface area contributed by atoms with E-state index in [-0.39, 0.29) is 17.5 Å². The number of nitrogens with zero attached hydrogens (tertiary/aromatic N) is 1. The van der Waals surface area contributed by atoms with Gasteiger partial charge < -0.3 is 10.3 Å². The van der Waals surface area contributed by atoms with Gasteiger partial charge in [-0.25, -0.2) is 9.37 Å². The smallest absolute Gasteiger partial charge is 0.201 e. The quantitative estimate of drug-likeness (QED) is 0.717. The monoisotopic (exact) mass is 337 g/mol. The molecule has 5 heteroatoms. The van der Waals surface area contributed by atoms with Crippen LogP contribution in [0.25, 0.3) is 11.0 Å². The number of aromatic nitrogens is 2. The summed E-state index contributed by atoms with van der Waals surface area (Å²) in [7, 11) is 0. The Morgan fingerprint density at radius 1 is 1.12 bits per heavy atom. The van der Waals surface area contributed by atoms with Crippen LogP contribution in [0.3, 0.4) is 0 Å². The number of ketones is 1. The summed E-state index contributed by atoms with van der Waals surface area (Å²) in [6.07, 6.45) is 2.38. The van der Waals surface area contributed by atoms with Crippen molar-refractivity contribution in [2.45, 2.75) is 19.3 Å². The number of para-hydroxylation sites is 1. The van der Waals surface area contributed by atoms with Crippen LogP contribution in [0, 0.1) is 11.7 Å². The van der Waals surface area contributed by atoms with E-state index in [9.17, 15) is 9.18 Å². The molecule has 4 rings (SSSR count). The molecule has 0 spiro atoms. The second-order valence-electron chi connectivity index (χ2n) is 6.59. The van der Waals surface area contributed by atoms with Gasteiger partial charge in [0.25, 0.3) is 0 Å². The molecule has 2 aromatic carbocycles. The van der Waals surface area contributed by atoms with Crippen LogP contribution in [-0.2, 0) is 6.42 Å². The third kappa shape index (κ3) is 3.33. The van der Waals surface area contributed by atoms with Gasteiger partial charge in [-0.15, -0.1) is 0 Å². The zero-order valence-corrected chi connectivity index (χ0v) is 13.9. The number of halogens is 1. The average Bonchev–Trinajstić information content (AvgIpc) is 3.09. The molecule has 128 valence electrons. The number of carbonyl (C=O) groups is 1. The Morgan fingerprint density at radius 2 is 1.88 bits per heavy atom. The van der Waals surface area contributed by atoms with Gasteiger partial charge in [-0.2, -0.15) is 0 Å². The predicted molar refractivity (Wildman–Crippen MR) is 95.2 cm³/mol. The van der Waals surface area contributed by atoms with Crippen molar-refractivity contribution in [3.8, 4) is 0 Å². The van der Waals surface area contributed by atoms with E-state index >= 15 is 0 Å². The Hall–Kier alpha value is -2.53. The molecule has 1 fully saturated rings. The van der Waals surface area contributed by atoms with E-state index in [1.807, 2.05) is 18.2 Å². The molecular formula is C20H20FN3O. The average molecular weight is 337 g/mol. The number of piperidine rings is 1. The minimum absolute atomic E-state index is 0.0439. The van der Waals surface area contributed by atoms with E-state index in [0.29, 0.717) is 12.2 Å². The van der Waals surface area contributed by atoms with Crippen LogP contribution in [0.2, 0.25) is 0 Å². The summed E-state index contributed by atoms with van der Waals surface area (Å²) in [5, 5.41) is 3.28. The lowest BCUT2D eigenvalue weighted by Gasteiger charge is -2.20. The first-order valence-electron chi connectivity index (χ1n) is 8.68. The second-order valence-corrected chi connectivity index (χ2v) is 6.59. The third-order valence-electron chi connectivity index (χ3n) is 4.85. The van der Waals surface area contributed by atoms with Crippen molar-refractivity contribution in [3.63, 3.8) is 0 Å². The summed E-state index contributed by atoms with van der Waals surface area (Å²) < 4.78 is 13.1. The number of hydrogen-bond acceptors (Lipinski definition) is 3. The number of nitrogens with one attached hydrogen (secondary N) is 2. The second kappa shape index (κ2) is 6.76. The summed E-state index contributed by atoms with van der Waals surface area (Å²) in [4.78, 5) is 20.5. The topological polar surface area (TPSA) is 57.8 Å². The Morgan fingerprint density at radius 3 is 2.64 bits per heavy atom. The number of benzene rings is 2. The van der Waals surface area contributed by atoms with Gasteiger partial charge in [0, 0.05) is 5.92 Å². The molecule has 0 radical (unpaired) electrons. The van der Waals surface area contributed by atoms with Gasteiger partial charge in [0.1, 0.15) is 5.82 Å². The minimum atomic E-state index is -0.239. The molecular weight excluding hydrogens is 317 g/mol. The fourth-order valence-corrected chi connectivity index (χ4v) is 3.45. The first-order chi connectivity index (χ1) is 12.2. The van der Waals surface area contributed by atoms with Crippen molar-refractivity contribution < 1.29 is 9.18 Å². The zero-order valence-electron chi connectivity index (χ0n) is 13.9. The van der Waals surface area contributed by atoms with Crippen LogP contribution in [0.5, 0.6) is 0 Å². The highest BCUT2D eigenvalue weighted by Gasteiger charge is 2.25. The number of H-pyrrole nitrogens is 1. The number of aromatic amines is 1. The lowest BCUT2D eigenvalue weighted by atomic mass is 9.93. The maximum Gasteiger partial charge on any atom is 0.201 e. The number of fused-ring (bicyclic) bond motifs is 1. The molecule has 0 aliphatic carbocycles. The van der Waals surface area contributed by atoms with Crippen LogP contribution in [0.1, 0.15) is 34.6 Å². The molecule has 1 saturated heterocycles. The van der Waals surface area contributed by atoms with Crippen molar-refractivity contribution in [3.05, 3.63) is 65.2 Å². The number of hydrogen-bond donors (Lipinski definition) is 2. The molecule has 0 atom stereocenters. The number of Topliss-reactive ketones (excluding diaryl/α,β-unsaturated/α-hetero) is 1. The summed E-state index contributed by atoms with van der Waals surface area (Å²) >= 11 is 0. The molecule has 2 heterocycles. The van der Waals surface area contributed by atoms with Crippen LogP contribution in [-0.4, -0.2) is 28.8 Å². The summed E-state index contributed by atoms with van der Waals surface area (Å²) in [6.45, 7) is 1.76. The molecule has 3 aromatic rings. The highest BCUT2D eigenvalue weighted by molar-refractivity contribution is 5.97. The van der Waals surface area contributed by atoms with Gasteiger partial charge in [-0.3, -0.25) is 4.79 Å². The van der Waals surface area contributed by atoms with E-state index in [2.05, 4.69) is 15.3 Å². The van der Waals surface area contributed by atoms with Crippen LogP contribution < -0.4 is 5.32 Å². The van der Waals surface area contributed by atoms with Crippen LogP contribution in [0.15, 0.2) is 42.5 Å². The fourth-order valence-electron chi connectivity index (χ4n) is 3.45. The number of imidazole rings is 1. The molecule has 2 N–H and O–H groups in total. The Kier molecular flexibility index (Phi) is 4.32. The maximum absolute atomic E-state index is 13.1.